The molecule has 2 unspecified atom stereocenters. The molecule has 4 aromatic heterocycles. The number of imidazole rings is 2. The number of halogens is 32. The summed E-state index contributed by atoms with van der Waals surface area (Å²) in [5.74, 6) is -1.32. The van der Waals surface area contributed by atoms with E-state index in [4.69, 9.17) is 28.9 Å². The van der Waals surface area contributed by atoms with Crippen molar-refractivity contribution in [2.24, 2.45) is 11.8 Å². The number of hydrogen-bond donors (Lipinski definition) is 7. The van der Waals surface area contributed by atoms with E-state index in [1.807, 2.05) is 6.92 Å². The van der Waals surface area contributed by atoms with E-state index in [1.54, 1.807) is 27.7 Å². The van der Waals surface area contributed by atoms with E-state index in [0.717, 1.165) is 0 Å². The van der Waals surface area contributed by atoms with Crippen LogP contribution in [-0.4, -0.2) is 97.4 Å². The third-order valence-corrected chi connectivity index (χ3v) is 2320. The van der Waals surface area contributed by atoms with Gasteiger partial charge in [0.05, 0.1) is 31.5 Å². The third kappa shape index (κ3) is 33.1. The van der Waals surface area contributed by atoms with Gasteiger partial charge in [0.1, 0.15) is 0 Å². The fraction of sp³-hybridized carbons (Fsp3) is 0.613. The molecule has 88 heavy (non-hydrogen) atoms. The van der Waals surface area contributed by atoms with Crippen LogP contribution >= 0.6 is 433 Å². The second-order valence-electron chi connectivity index (χ2n) is 15.3. The zero-order valence-corrected chi connectivity index (χ0v) is 113. The molecule has 4 aromatic rings. The van der Waals surface area contributed by atoms with Gasteiger partial charge in [0.2, 0.25) is 23.7 Å². The Labute approximate surface area is 730 Å². The average Bonchev–Trinajstić information content (AvgIpc) is 2.85. The molecule has 2 fully saturated rings. The van der Waals surface area contributed by atoms with E-state index in [1.165, 1.54) is 21.8 Å². The van der Waals surface area contributed by atoms with Crippen molar-refractivity contribution in [2.45, 2.75) is 106 Å². The molecule has 2 aliphatic rings. The number of rotatable bonds is 27. The Morgan fingerprint density at radius 3 is 1.25 bits per heavy atom. The van der Waals surface area contributed by atoms with Crippen molar-refractivity contribution in [1.82, 2.24) is 39.0 Å². The van der Waals surface area contributed by atoms with Gasteiger partial charge in [-0.1, -0.05) is 49.5 Å². The Morgan fingerprint density at radius 2 is 0.955 bits per heavy atom. The number of nitrogens with one attached hydrogen (secondary N) is 4. The van der Waals surface area contributed by atoms with Crippen molar-refractivity contribution < 1.29 is 70.6 Å². The molecule has 0 aromatic carbocycles. The van der Waals surface area contributed by atoms with Crippen molar-refractivity contribution in [2.75, 3.05) is 17.2 Å². The summed E-state index contributed by atoms with van der Waals surface area (Å²) >= 11 is 50.4. The molecule has 0 saturated carbocycles. The van der Waals surface area contributed by atoms with Gasteiger partial charge in [-0.15, -0.1) is 18.8 Å². The second kappa shape index (κ2) is 53.3. The van der Waals surface area contributed by atoms with Crippen molar-refractivity contribution in [3.05, 3.63) is 33.4 Å². The molecule has 0 bridgehead atoms. The van der Waals surface area contributed by atoms with Gasteiger partial charge in [-0.3, -0.25) is 48.9 Å². The molecular weight excluding hydrogens is 4840 g/mol. The number of nitrogens with zero attached hydrogens (tertiary/aromatic N) is 6. The van der Waals surface area contributed by atoms with E-state index >= 15 is 0 Å². The molecule has 2 aliphatic heterocycles. The van der Waals surface area contributed by atoms with Crippen molar-refractivity contribution in [3.63, 3.8) is 0 Å². The van der Waals surface area contributed by atoms with Gasteiger partial charge in [0, 0.05) is 33.8 Å². The molecule has 2 amide bonds. The zero-order valence-electron chi connectivity index (χ0n) is 42.7. The maximum atomic E-state index is 12.3. The molecule has 23 nitrogen and oxygen atoms in total. The number of ether oxygens (including phenoxy) is 2. The minimum absolute atomic E-state index is 0. The summed E-state index contributed by atoms with van der Waals surface area (Å²) in [6, 6.07) is 0. The van der Waals surface area contributed by atoms with Gasteiger partial charge < -0.3 is 14.6 Å². The van der Waals surface area contributed by atoms with Crippen molar-refractivity contribution in [3.8, 4) is 0 Å². The molecule has 6 rings (SSSR count). The molecule has 7 N–H and O–H groups in total. The molecule has 8 atom stereocenters. The topological polar surface area (TPSA) is 317 Å². The number of aliphatic hydroxyl groups is 1. The van der Waals surface area contributed by atoms with Crippen LogP contribution in [-0.2, 0) is 37.2 Å². The van der Waals surface area contributed by atoms with Crippen LogP contribution in [0.3, 0.4) is 0 Å². The van der Waals surface area contributed by atoms with Crippen LogP contribution in [0.15, 0.2) is 22.2 Å². The van der Waals surface area contributed by atoms with Crippen LogP contribution in [0.5, 0.6) is 0 Å². The Balaban J connectivity index is 0.000000452. The SMILES string of the molecule is C.C.CC(C)C(=O)Nc1nc2c(ncn2[C@@H]2O[C@H](CO)C[C@H]2O[P+](=O)O)c(=O)[nH]1.CC[C@@H]1C[C@@H](O[P+](=O)O)[C@H](n2cnc3c(=O)[nH]c(NC(=O)C(C)C)nc32)O1.[2H][I-]I(I)I(I)I(I)I(I)I(I)I(I)I(I)I(I)I(I)I(I)I(I)I(I)I(I)I(I)I(I)I. The summed E-state index contributed by atoms with van der Waals surface area (Å²) in [5, 5.41) is 14.4. The molecular formula is C31H49I32N10O13P2+. The Kier molecular flexibility index (Phi) is 61.2. The number of aromatic nitrogens is 8. The van der Waals surface area contributed by atoms with Gasteiger partial charge >= 0.3 is 452 Å². The molecule has 534 valence electrons. The molecule has 0 aliphatic carbocycles. The van der Waals surface area contributed by atoms with Crippen LogP contribution in [0, 0.1) is 11.8 Å². The summed E-state index contributed by atoms with van der Waals surface area (Å²) in [7, 11) is -13.7. The number of amides is 2. The predicted molar refractivity (Wildman–Crippen MR) is 637 cm³/mol. The molecule has 0 radical (unpaired) electrons. The van der Waals surface area contributed by atoms with Crippen LogP contribution in [0.4, 0.5) is 11.9 Å². The molecule has 0 spiro atoms. The fourth-order valence-corrected chi connectivity index (χ4v) is 5460. The first-order chi connectivity index (χ1) is 40.6. The van der Waals surface area contributed by atoms with Crippen LogP contribution in [0.1, 0.15) is 81.2 Å². The summed E-state index contributed by atoms with van der Waals surface area (Å²) < 4.78 is 54.8. The van der Waals surface area contributed by atoms with Gasteiger partial charge in [-0.2, -0.15) is 9.97 Å². The number of hydrogen-bond acceptors (Lipinski definition) is 15. The van der Waals surface area contributed by atoms with E-state index in [9.17, 15) is 33.4 Å². The maximum absolute atomic E-state index is 12.3. The number of H-pyrrole nitrogens is 2. The van der Waals surface area contributed by atoms with E-state index in [-0.39, 0.29) is 110 Å². The molecule has 57 heteroatoms. The molecule has 2 saturated heterocycles. The number of aromatic amines is 2. The summed E-state index contributed by atoms with van der Waals surface area (Å²) in [6.45, 7) is 8.43. The minimum atomic E-state index is -2.90. The first-order valence-corrected chi connectivity index (χ1v) is 218. The fourth-order valence-electron chi connectivity index (χ4n) is 5.99. The zero-order chi connectivity index (χ0) is 65.8. The van der Waals surface area contributed by atoms with Crippen LogP contribution < -0.4 is 40.2 Å². The number of fused-ring (bicyclic) bond motifs is 2. The Hall–Kier alpha value is 18.9. The summed E-state index contributed by atoms with van der Waals surface area (Å²) in [4.78, 5) is 87.9. The van der Waals surface area contributed by atoms with Gasteiger partial charge in [0.25, 0.3) is 11.1 Å². The van der Waals surface area contributed by atoms with Crippen LogP contribution in [0.2, 0.25) is 0 Å². The van der Waals surface area contributed by atoms with Gasteiger partial charge in [-0.25, -0.2) is 9.97 Å². The molecule has 6 heterocycles. The van der Waals surface area contributed by atoms with Gasteiger partial charge in [0.15, 0.2) is 47.0 Å². The Morgan fingerprint density at radius 1 is 0.636 bits per heavy atom. The number of anilines is 2. The van der Waals surface area contributed by atoms with E-state index in [0.29, 0.717) is 12.8 Å². The first kappa shape index (κ1) is 101. The summed E-state index contributed by atoms with van der Waals surface area (Å²) in [5.41, 5.74) is -0.743. The Bertz CT molecular complexity index is 2910. The van der Waals surface area contributed by atoms with Gasteiger partial charge in [-0.05, 0) is 6.42 Å². The quantitative estimate of drug-likeness (QED) is 0.0215. The summed E-state index contributed by atoms with van der Waals surface area (Å²) in [6.07, 6.45) is -0.116. The van der Waals surface area contributed by atoms with Crippen molar-refractivity contribution in [1.29, 1.82) is 0.594 Å². The number of carbonyl (C=O) groups is 2. The normalized spacial score (nSPS) is 21.1. The van der Waals surface area contributed by atoms with Crippen LogP contribution in [0.25, 0.3) is 22.3 Å². The number of carbonyl (C=O) groups excluding carboxylic acids is 2. The number of aliphatic hydroxyl groups excluding tert-OH is 1. The predicted octanol–water partition coefficient (Wildman–Crippen LogP) is 26.9. The van der Waals surface area contributed by atoms with E-state index in [2.05, 4.69) is 338 Å². The van der Waals surface area contributed by atoms with E-state index < -0.39 is 177 Å². The van der Waals surface area contributed by atoms with Crippen molar-refractivity contribution >= 4 is 479 Å². The third-order valence-electron chi connectivity index (χ3n) is 9.49. The first-order valence-electron chi connectivity index (χ1n) is 21.5. The monoisotopic (exact) mass is 4890 g/mol. The second-order valence-corrected chi connectivity index (χ2v) is 748. The average molecular weight is 4890 g/mol. The standard InChI is InChI=1S/C15H20N5O6P.C14H18N5O7P.2CH4.HI32/c1-4-8-5-9(26-27(23)24)14(25-8)20-6-16-10-11(20)17-15(19-13(10)22)18-12(21)7(2)3;1-6(2)11(21)17-14-16-10-9(12(22)18-14)15-5-19(10)13-8(26-27(23)24)3-7(4-20)25-13;;;1-18(2)20(5)22(7)24(9)26(11)28(13)30(15)32(17)31(16)29(14)27(12)25(10)23(8)21(6)19(3)4/h6-9,14H,4-5H2,1-3H3,(H2-,17,18,19,21,22,23,24);5-8,13,20H,3-4H2,1-2H3,(H2-,16,17,18,21,22,23,24);2*1H4;1H/q;;;;-1/p+2/t8-,9-,14-;7-,8+,13+;;;/m10.../s1/i;;;;1D.